The third-order valence-corrected chi connectivity index (χ3v) is 4.91. The summed E-state index contributed by atoms with van der Waals surface area (Å²) in [5.74, 6) is 1.49. The van der Waals surface area contributed by atoms with Gasteiger partial charge in [-0.15, -0.1) is 0 Å². The van der Waals surface area contributed by atoms with Crippen molar-refractivity contribution in [3.63, 3.8) is 0 Å². The molecule has 2 aromatic carbocycles. The summed E-state index contributed by atoms with van der Waals surface area (Å²) < 4.78 is 10.8. The second kappa shape index (κ2) is 7.90. The Morgan fingerprint density at radius 1 is 1.29 bits per heavy atom. The summed E-state index contributed by atoms with van der Waals surface area (Å²) in [5, 5.41) is 7.45. The maximum Gasteiger partial charge on any atom is 0.322 e. The third kappa shape index (κ3) is 3.66. The molecular formula is C20H19ClN4O3. The number of rotatable bonds is 4. The molecule has 0 radical (unpaired) electrons. The van der Waals surface area contributed by atoms with Gasteiger partial charge in [-0.3, -0.25) is 0 Å². The summed E-state index contributed by atoms with van der Waals surface area (Å²) in [6.07, 6.45) is 1.62. The molecule has 28 heavy (non-hydrogen) atoms. The molecule has 1 unspecified atom stereocenters. The van der Waals surface area contributed by atoms with Crippen LogP contribution in [0.25, 0.3) is 11.4 Å². The molecule has 1 N–H and O–H groups in total. The zero-order valence-electron chi connectivity index (χ0n) is 15.3. The SMILES string of the molecule is COc1ccc(Cl)cc1NC(=O)N1CCCC1c1nc(-c2ccccc2)no1. The highest BCUT2D eigenvalue weighted by molar-refractivity contribution is 6.31. The molecular weight excluding hydrogens is 380 g/mol. The van der Waals surface area contributed by atoms with Crippen LogP contribution in [0.1, 0.15) is 24.8 Å². The van der Waals surface area contributed by atoms with E-state index in [0.717, 1.165) is 18.4 Å². The van der Waals surface area contributed by atoms with E-state index in [1.54, 1.807) is 30.2 Å². The minimum absolute atomic E-state index is 0.262. The van der Waals surface area contributed by atoms with Gasteiger partial charge in [0, 0.05) is 17.1 Å². The van der Waals surface area contributed by atoms with E-state index in [9.17, 15) is 4.79 Å². The van der Waals surface area contributed by atoms with Crippen molar-refractivity contribution in [2.75, 3.05) is 19.0 Å². The average Bonchev–Trinajstić information content (AvgIpc) is 3.38. The number of likely N-dealkylation sites (tertiary alicyclic amines) is 1. The number of nitrogens with one attached hydrogen (secondary N) is 1. The summed E-state index contributed by atoms with van der Waals surface area (Å²) in [7, 11) is 1.54. The zero-order valence-corrected chi connectivity index (χ0v) is 16.0. The molecule has 1 atom stereocenters. The van der Waals surface area contributed by atoms with E-state index in [2.05, 4.69) is 15.5 Å². The molecule has 0 spiro atoms. The topological polar surface area (TPSA) is 80.5 Å². The van der Waals surface area contributed by atoms with Crippen LogP contribution in [-0.4, -0.2) is 34.7 Å². The second-order valence-electron chi connectivity index (χ2n) is 6.45. The molecule has 1 aliphatic heterocycles. The Morgan fingerprint density at radius 3 is 2.89 bits per heavy atom. The second-order valence-corrected chi connectivity index (χ2v) is 6.88. The zero-order chi connectivity index (χ0) is 19.5. The van der Waals surface area contributed by atoms with E-state index in [1.807, 2.05) is 30.3 Å². The first-order valence-electron chi connectivity index (χ1n) is 8.96. The number of aromatic nitrogens is 2. The quantitative estimate of drug-likeness (QED) is 0.684. The molecule has 0 aliphatic carbocycles. The number of anilines is 1. The molecule has 1 aromatic heterocycles. The van der Waals surface area contributed by atoms with Gasteiger partial charge in [-0.25, -0.2) is 4.79 Å². The van der Waals surface area contributed by atoms with Gasteiger partial charge in [-0.05, 0) is 31.0 Å². The van der Waals surface area contributed by atoms with Crippen molar-refractivity contribution < 1.29 is 14.1 Å². The van der Waals surface area contributed by atoms with Gasteiger partial charge in [-0.2, -0.15) is 4.98 Å². The third-order valence-electron chi connectivity index (χ3n) is 4.68. The maximum atomic E-state index is 12.9. The number of benzene rings is 2. The highest BCUT2D eigenvalue weighted by Crippen LogP contribution is 2.34. The minimum Gasteiger partial charge on any atom is -0.495 e. The molecule has 7 nitrogen and oxygen atoms in total. The van der Waals surface area contributed by atoms with E-state index in [-0.39, 0.29) is 12.1 Å². The molecule has 1 saturated heterocycles. The molecule has 1 fully saturated rings. The Morgan fingerprint density at radius 2 is 2.11 bits per heavy atom. The first-order chi connectivity index (χ1) is 13.7. The number of urea groups is 1. The van der Waals surface area contributed by atoms with E-state index < -0.39 is 0 Å². The summed E-state index contributed by atoms with van der Waals surface area (Å²) in [6, 6.07) is 14.1. The Labute approximate surface area is 167 Å². The molecule has 144 valence electrons. The molecule has 4 rings (SSSR count). The van der Waals surface area contributed by atoms with E-state index in [0.29, 0.717) is 34.7 Å². The highest BCUT2D eigenvalue weighted by atomic mass is 35.5. The lowest BCUT2D eigenvalue weighted by Crippen LogP contribution is -2.34. The lowest BCUT2D eigenvalue weighted by Gasteiger charge is -2.23. The van der Waals surface area contributed by atoms with Crippen molar-refractivity contribution in [3.8, 4) is 17.1 Å². The van der Waals surface area contributed by atoms with Crippen LogP contribution < -0.4 is 10.1 Å². The molecule has 0 bridgehead atoms. The first-order valence-corrected chi connectivity index (χ1v) is 9.33. The standard InChI is InChI=1S/C20H19ClN4O3/c1-27-17-10-9-14(21)12-15(17)22-20(26)25-11-5-8-16(25)19-23-18(24-28-19)13-6-3-2-4-7-13/h2-4,6-7,9-10,12,16H,5,8,11H2,1H3,(H,22,26). The smallest absolute Gasteiger partial charge is 0.322 e. The van der Waals surface area contributed by atoms with Crippen molar-refractivity contribution in [1.29, 1.82) is 0 Å². The fourth-order valence-electron chi connectivity index (χ4n) is 3.31. The Bertz CT molecular complexity index is 977. The molecule has 1 aliphatic rings. The van der Waals surface area contributed by atoms with Crippen LogP contribution >= 0.6 is 11.6 Å². The molecule has 0 saturated carbocycles. The van der Waals surface area contributed by atoms with Crippen LogP contribution in [0.15, 0.2) is 53.1 Å². The molecule has 8 heteroatoms. The molecule has 2 heterocycles. The number of ether oxygens (including phenoxy) is 1. The Kier molecular flexibility index (Phi) is 5.16. The van der Waals surface area contributed by atoms with Crippen molar-refractivity contribution in [2.24, 2.45) is 0 Å². The number of carbonyl (C=O) groups is 1. The summed E-state index contributed by atoms with van der Waals surface area (Å²) in [4.78, 5) is 19.1. The number of nitrogens with zero attached hydrogens (tertiary/aromatic N) is 3. The van der Waals surface area contributed by atoms with Crippen LogP contribution in [0.5, 0.6) is 5.75 Å². The monoisotopic (exact) mass is 398 g/mol. The fourth-order valence-corrected chi connectivity index (χ4v) is 3.48. The van der Waals surface area contributed by atoms with Crippen molar-refractivity contribution in [1.82, 2.24) is 15.0 Å². The van der Waals surface area contributed by atoms with Gasteiger partial charge < -0.3 is 19.5 Å². The van der Waals surface area contributed by atoms with Gasteiger partial charge in [0.2, 0.25) is 11.7 Å². The summed E-state index contributed by atoms with van der Waals surface area (Å²) >= 11 is 6.05. The van der Waals surface area contributed by atoms with Gasteiger partial charge in [-0.1, -0.05) is 47.1 Å². The Hall–Kier alpha value is -3.06. The van der Waals surface area contributed by atoms with E-state index in [4.69, 9.17) is 20.9 Å². The van der Waals surface area contributed by atoms with Gasteiger partial charge in [0.05, 0.1) is 12.8 Å². The number of amides is 2. The lowest BCUT2D eigenvalue weighted by atomic mass is 10.2. The number of hydrogen-bond donors (Lipinski definition) is 1. The summed E-state index contributed by atoms with van der Waals surface area (Å²) in [5.41, 5.74) is 1.39. The van der Waals surface area contributed by atoms with Crippen LogP contribution in [-0.2, 0) is 0 Å². The van der Waals surface area contributed by atoms with Crippen molar-refractivity contribution in [3.05, 3.63) is 59.4 Å². The number of halogens is 1. The van der Waals surface area contributed by atoms with E-state index >= 15 is 0 Å². The Balaban J connectivity index is 1.53. The van der Waals surface area contributed by atoms with Gasteiger partial charge in [0.1, 0.15) is 11.8 Å². The largest absolute Gasteiger partial charge is 0.495 e. The average molecular weight is 399 g/mol. The molecule has 2 amide bonds. The summed E-state index contributed by atoms with van der Waals surface area (Å²) in [6.45, 7) is 0.600. The van der Waals surface area contributed by atoms with Crippen LogP contribution in [0, 0.1) is 0 Å². The van der Waals surface area contributed by atoms with Crippen molar-refractivity contribution in [2.45, 2.75) is 18.9 Å². The number of carbonyl (C=O) groups excluding carboxylic acids is 1. The number of hydrogen-bond acceptors (Lipinski definition) is 5. The molecule has 3 aromatic rings. The predicted octanol–water partition coefficient (Wildman–Crippen LogP) is 4.77. The highest BCUT2D eigenvalue weighted by Gasteiger charge is 2.34. The van der Waals surface area contributed by atoms with Gasteiger partial charge >= 0.3 is 6.03 Å². The van der Waals surface area contributed by atoms with Gasteiger partial charge in [0.15, 0.2) is 0 Å². The lowest BCUT2D eigenvalue weighted by molar-refractivity contribution is 0.193. The number of methoxy groups -OCH3 is 1. The van der Waals surface area contributed by atoms with Crippen LogP contribution in [0.2, 0.25) is 5.02 Å². The van der Waals surface area contributed by atoms with Crippen LogP contribution in [0.4, 0.5) is 10.5 Å². The van der Waals surface area contributed by atoms with Crippen LogP contribution in [0.3, 0.4) is 0 Å². The van der Waals surface area contributed by atoms with E-state index in [1.165, 1.54) is 0 Å². The fraction of sp³-hybridized carbons (Fsp3) is 0.250. The van der Waals surface area contributed by atoms with Gasteiger partial charge in [0.25, 0.3) is 0 Å². The normalized spacial score (nSPS) is 16.2. The first kappa shape index (κ1) is 18.3. The van der Waals surface area contributed by atoms with Crippen molar-refractivity contribution >= 4 is 23.3 Å². The predicted molar refractivity (Wildman–Crippen MR) is 105 cm³/mol. The minimum atomic E-state index is -0.268. The maximum absolute atomic E-state index is 12.9.